The molecule has 0 spiro atoms. The first-order valence-electron chi connectivity index (χ1n) is 12.9. The molecule has 3 unspecified atom stereocenters. The Morgan fingerprint density at radius 1 is 0.968 bits per heavy atom. The summed E-state index contributed by atoms with van der Waals surface area (Å²) in [5.41, 5.74) is 0. The fourth-order valence-electron chi connectivity index (χ4n) is 4.10. The molecule has 0 amide bonds. The van der Waals surface area contributed by atoms with Crippen LogP contribution in [-0.4, -0.2) is 43.8 Å². The van der Waals surface area contributed by atoms with Crippen molar-refractivity contribution >= 4 is 11.8 Å². The summed E-state index contributed by atoms with van der Waals surface area (Å²) in [7, 11) is 0. The molecule has 0 radical (unpaired) electrons. The summed E-state index contributed by atoms with van der Waals surface area (Å²) < 4.78 is 16.8. The second-order valence-electron chi connectivity index (χ2n) is 9.36. The number of hydrogen-bond acceptors (Lipinski definition) is 5. The van der Waals surface area contributed by atoms with E-state index in [1.807, 2.05) is 0 Å². The van der Waals surface area contributed by atoms with Gasteiger partial charge in [-0.05, 0) is 39.0 Å². The van der Waals surface area contributed by atoms with E-state index in [0.29, 0.717) is 24.9 Å². The molecule has 0 bridgehead atoms. The van der Waals surface area contributed by atoms with Crippen LogP contribution < -0.4 is 0 Å². The Morgan fingerprint density at radius 3 is 2.13 bits per heavy atom. The highest BCUT2D eigenvalue weighted by Crippen LogP contribution is 2.20. The van der Waals surface area contributed by atoms with Crippen LogP contribution in [0.4, 0.5) is 0 Å². The lowest BCUT2D eigenvalue weighted by atomic mass is 9.94. The average molecular weight is 441 g/mol. The molecule has 1 saturated heterocycles. The summed E-state index contributed by atoms with van der Waals surface area (Å²) in [6, 6.07) is 0. The smallest absolute Gasteiger partial charge is 0.335 e. The molecule has 182 valence electrons. The van der Waals surface area contributed by atoms with Crippen molar-refractivity contribution in [3.63, 3.8) is 0 Å². The first-order valence-corrected chi connectivity index (χ1v) is 12.9. The van der Waals surface area contributed by atoms with Gasteiger partial charge in [0.05, 0.1) is 13.2 Å². The highest BCUT2D eigenvalue weighted by Gasteiger charge is 2.27. The number of Topliss-reactive ketones (excluding diaryl/α,β-unsaturated/α-hetero) is 1. The number of carbonyl (C=O) groups excluding carboxylic acids is 2. The molecule has 0 aromatic carbocycles. The molecule has 3 atom stereocenters. The van der Waals surface area contributed by atoms with E-state index in [0.717, 1.165) is 25.9 Å². The van der Waals surface area contributed by atoms with Crippen LogP contribution in [0.1, 0.15) is 117 Å². The van der Waals surface area contributed by atoms with E-state index in [9.17, 15) is 9.59 Å². The molecule has 1 heterocycles. The van der Waals surface area contributed by atoms with Crippen molar-refractivity contribution in [3.8, 4) is 0 Å². The van der Waals surface area contributed by atoms with Crippen molar-refractivity contribution in [2.45, 2.75) is 129 Å². The molecular formula is C26H48O5. The Hall–Kier alpha value is -0.940. The second-order valence-corrected chi connectivity index (χ2v) is 9.36. The first kappa shape index (κ1) is 28.1. The van der Waals surface area contributed by atoms with Crippen molar-refractivity contribution in [2.75, 3.05) is 19.8 Å². The van der Waals surface area contributed by atoms with Gasteiger partial charge in [0.2, 0.25) is 0 Å². The number of unbranched alkanes of at least 4 members (excludes halogenated alkanes) is 10. The quantitative estimate of drug-likeness (QED) is 0.162. The van der Waals surface area contributed by atoms with E-state index in [1.54, 1.807) is 13.8 Å². The zero-order valence-electron chi connectivity index (χ0n) is 20.5. The lowest BCUT2D eigenvalue weighted by Crippen LogP contribution is -2.41. The number of rotatable bonds is 20. The number of ether oxygens (including phenoxy) is 3. The van der Waals surface area contributed by atoms with Gasteiger partial charge in [-0.1, -0.05) is 77.6 Å². The summed E-state index contributed by atoms with van der Waals surface area (Å²) >= 11 is 0. The van der Waals surface area contributed by atoms with E-state index in [1.165, 1.54) is 77.0 Å². The van der Waals surface area contributed by atoms with Crippen LogP contribution in [0.5, 0.6) is 0 Å². The Balaban J connectivity index is 2.22. The van der Waals surface area contributed by atoms with E-state index < -0.39 is 6.10 Å². The maximum Gasteiger partial charge on any atom is 0.335 e. The van der Waals surface area contributed by atoms with Gasteiger partial charge in [-0.3, -0.25) is 0 Å². The first-order chi connectivity index (χ1) is 15.0. The molecule has 1 aliphatic heterocycles. The highest BCUT2D eigenvalue weighted by atomic mass is 16.6. The molecule has 0 aliphatic carbocycles. The Labute approximate surface area is 191 Å². The van der Waals surface area contributed by atoms with E-state index in [4.69, 9.17) is 14.2 Å². The number of cyclic esters (lactones) is 1. The predicted octanol–water partition coefficient (Wildman–Crippen LogP) is 6.41. The zero-order chi connectivity index (χ0) is 22.7. The van der Waals surface area contributed by atoms with Crippen LogP contribution in [-0.2, 0) is 23.8 Å². The summed E-state index contributed by atoms with van der Waals surface area (Å²) in [4.78, 5) is 22.7. The molecule has 1 rings (SSSR count). The summed E-state index contributed by atoms with van der Waals surface area (Å²) in [6.07, 6.45) is 17.6. The van der Waals surface area contributed by atoms with Crippen LogP contribution in [0.15, 0.2) is 0 Å². The van der Waals surface area contributed by atoms with Crippen molar-refractivity contribution in [3.05, 3.63) is 0 Å². The van der Waals surface area contributed by atoms with Gasteiger partial charge in [0.15, 0.2) is 6.10 Å². The van der Waals surface area contributed by atoms with Gasteiger partial charge in [-0.15, -0.1) is 0 Å². The molecule has 1 aliphatic rings. The third kappa shape index (κ3) is 15.5. The van der Waals surface area contributed by atoms with Gasteiger partial charge in [0, 0.05) is 13.0 Å². The van der Waals surface area contributed by atoms with Gasteiger partial charge in [0.1, 0.15) is 11.9 Å². The predicted molar refractivity (Wildman–Crippen MR) is 125 cm³/mol. The van der Waals surface area contributed by atoms with Crippen LogP contribution in [0.25, 0.3) is 0 Å². The lowest BCUT2D eigenvalue weighted by molar-refractivity contribution is -0.187. The summed E-state index contributed by atoms with van der Waals surface area (Å²) in [6.45, 7) is 7.25. The number of ketones is 1. The third-order valence-electron chi connectivity index (χ3n) is 6.16. The molecule has 0 aromatic rings. The zero-order valence-corrected chi connectivity index (χ0v) is 20.5. The molecule has 1 fully saturated rings. The molecule has 0 aromatic heterocycles. The van der Waals surface area contributed by atoms with E-state index >= 15 is 0 Å². The Morgan fingerprint density at radius 2 is 1.55 bits per heavy atom. The van der Waals surface area contributed by atoms with Crippen LogP contribution in [0, 0.1) is 5.92 Å². The molecular weight excluding hydrogens is 392 g/mol. The van der Waals surface area contributed by atoms with Crippen molar-refractivity contribution < 1.29 is 23.8 Å². The van der Waals surface area contributed by atoms with E-state index in [2.05, 4.69) is 6.92 Å². The largest absolute Gasteiger partial charge is 0.456 e. The highest BCUT2D eigenvalue weighted by molar-refractivity contribution is 5.75. The minimum Gasteiger partial charge on any atom is -0.456 e. The summed E-state index contributed by atoms with van der Waals surface area (Å²) in [5, 5.41) is 0. The molecule has 0 saturated carbocycles. The van der Waals surface area contributed by atoms with Gasteiger partial charge < -0.3 is 19.0 Å². The van der Waals surface area contributed by atoms with Crippen molar-refractivity contribution in [1.82, 2.24) is 0 Å². The monoisotopic (exact) mass is 440 g/mol. The summed E-state index contributed by atoms with van der Waals surface area (Å²) in [5.74, 6) is 0.589. The minimum atomic E-state index is -0.461. The van der Waals surface area contributed by atoms with Crippen LogP contribution in [0.2, 0.25) is 0 Å². The third-order valence-corrected chi connectivity index (χ3v) is 6.16. The Kier molecular flexibility index (Phi) is 16.9. The number of hydrogen-bond donors (Lipinski definition) is 0. The normalized spacial score (nSPS) is 19.9. The fourth-order valence-corrected chi connectivity index (χ4v) is 4.10. The number of carbonyl (C=O) groups is 2. The molecule has 31 heavy (non-hydrogen) atoms. The van der Waals surface area contributed by atoms with Gasteiger partial charge in [-0.2, -0.15) is 0 Å². The molecule has 5 heteroatoms. The van der Waals surface area contributed by atoms with Gasteiger partial charge >= 0.3 is 5.97 Å². The standard InChI is InChI=1S/C26H48O5/c1-4-5-6-7-8-11-14-17-24(18-15-12-9-10-13-16-22(2)27)19-29-20-25-21-30-23(3)26(28)31-25/h23-25H,4-21H2,1-3H3. The lowest BCUT2D eigenvalue weighted by Gasteiger charge is -2.27. The van der Waals surface area contributed by atoms with Crippen molar-refractivity contribution in [1.29, 1.82) is 0 Å². The van der Waals surface area contributed by atoms with E-state index in [-0.39, 0.29) is 12.1 Å². The Bertz CT molecular complexity index is 465. The van der Waals surface area contributed by atoms with Gasteiger partial charge in [-0.25, -0.2) is 4.79 Å². The maximum atomic E-state index is 11.6. The van der Waals surface area contributed by atoms with Crippen LogP contribution in [0.3, 0.4) is 0 Å². The van der Waals surface area contributed by atoms with Gasteiger partial charge in [0.25, 0.3) is 0 Å². The van der Waals surface area contributed by atoms with Crippen LogP contribution >= 0.6 is 0 Å². The SMILES string of the molecule is CCCCCCCCCC(CCCCCCCC(C)=O)COCC1COC(C)C(=O)O1. The minimum absolute atomic E-state index is 0.274. The maximum absolute atomic E-state index is 11.6. The fraction of sp³-hybridized carbons (Fsp3) is 0.923. The molecule has 0 N–H and O–H groups in total. The average Bonchev–Trinajstić information content (AvgIpc) is 2.74. The topological polar surface area (TPSA) is 61.8 Å². The molecule has 5 nitrogen and oxygen atoms in total. The van der Waals surface area contributed by atoms with Crippen molar-refractivity contribution in [2.24, 2.45) is 5.92 Å². The number of esters is 1. The second kappa shape index (κ2) is 18.6.